The maximum atomic E-state index is 2.64. The van der Waals surface area contributed by atoms with Crippen molar-refractivity contribution in [3.05, 3.63) is 230 Å². The summed E-state index contributed by atoms with van der Waals surface area (Å²) >= 11 is 0. The first-order valence-corrected chi connectivity index (χ1v) is 24.0. The Balaban J connectivity index is 0.949. The molecule has 0 N–H and O–H groups in total. The molecule has 4 aromatic carbocycles. The SMILES string of the molecule is CCn1c2c(c3cc(C(=CC4=CC5CC5C=C4)Cc4cccc5ccccc45)ccc31)C=C(C/C(=C/C1=C(C)\C=C/c3cccc4c3C=C(CC=C4)CC1)C13C=CC=CC1C3)C=CC2. The summed E-state index contributed by atoms with van der Waals surface area (Å²) in [7, 11) is 0. The summed E-state index contributed by atoms with van der Waals surface area (Å²) in [5, 5.41) is 4.02. The molecule has 0 amide bonds. The molecule has 64 heavy (non-hydrogen) atoms. The minimum absolute atomic E-state index is 0.0886. The van der Waals surface area contributed by atoms with Gasteiger partial charge in [0.1, 0.15) is 0 Å². The number of fused-ring (bicyclic) bond motifs is 6. The maximum absolute atomic E-state index is 2.64. The zero-order valence-corrected chi connectivity index (χ0v) is 37.4. The molecule has 1 aromatic heterocycles. The van der Waals surface area contributed by atoms with Crippen molar-refractivity contribution in [3.8, 4) is 0 Å². The van der Waals surface area contributed by atoms with Crippen molar-refractivity contribution in [1.29, 1.82) is 0 Å². The average Bonchev–Trinajstić information content (AvgIpc) is 4.25. The zero-order valence-electron chi connectivity index (χ0n) is 37.4. The second-order valence-corrected chi connectivity index (χ2v) is 19.5. The number of allylic oxidation sites excluding steroid dienone is 20. The quantitative estimate of drug-likeness (QED) is 0.139. The molecule has 2 bridgehead atoms. The number of hydrogen-bond donors (Lipinski definition) is 0. The summed E-state index contributed by atoms with van der Waals surface area (Å²) in [4.78, 5) is 0. The molecule has 1 heterocycles. The predicted octanol–water partition coefficient (Wildman–Crippen LogP) is 16.1. The standard InChI is InChI=1S/C63H57N/c1-3-64-61-22-9-13-44(34-56(63-31-7-6-20-55(63)41-63)39-49-27-24-43-12-8-15-47-17-10-18-48(58(47)35-43)26-23-42(49)2)36-59(61)60-40-51(29-30-62(60)64)54(33-45-25-28-50-37-53(50)32-45)38-52-19-11-16-46-14-4-5-21-57(46)52/h4-11,13-21,23,25-26,28-33,35-36,39-40,50,53,55H,3,12,22,24,27,34,37-38,41H2,1-2H3/b26-23-,49-42-,54-33?,56-39-. The van der Waals surface area contributed by atoms with Crippen molar-refractivity contribution in [2.75, 3.05) is 0 Å². The van der Waals surface area contributed by atoms with E-state index in [-0.39, 0.29) is 5.41 Å². The first-order chi connectivity index (χ1) is 31.5. The Hall–Kier alpha value is -6.44. The molecule has 0 radical (unpaired) electrons. The number of benzene rings is 4. The van der Waals surface area contributed by atoms with E-state index in [1.54, 1.807) is 5.57 Å². The molecule has 1 heteroatoms. The van der Waals surface area contributed by atoms with Gasteiger partial charge in [-0.25, -0.2) is 0 Å². The normalized spacial score (nSPS) is 25.8. The highest BCUT2D eigenvalue weighted by Gasteiger charge is 2.53. The van der Waals surface area contributed by atoms with Crippen LogP contribution in [0.25, 0.3) is 51.6 Å². The fraction of sp³-hybridized carbons (Fsp3) is 0.238. The third-order valence-corrected chi connectivity index (χ3v) is 15.5. The van der Waals surface area contributed by atoms with Crippen molar-refractivity contribution < 1.29 is 0 Å². The second-order valence-electron chi connectivity index (χ2n) is 19.5. The van der Waals surface area contributed by atoms with E-state index in [4.69, 9.17) is 0 Å². The van der Waals surface area contributed by atoms with E-state index in [0.717, 1.165) is 51.0 Å². The molecule has 2 saturated carbocycles. The molecule has 0 saturated heterocycles. The van der Waals surface area contributed by atoms with Crippen LogP contribution in [0.5, 0.6) is 0 Å². The number of aryl methyl sites for hydroxylation is 1. The van der Waals surface area contributed by atoms with E-state index < -0.39 is 0 Å². The molecule has 4 unspecified atom stereocenters. The number of nitrogens with zero attached hydrogens (tertiary/aromatic N) is 1. The molecule has 4 atom stereocenters. The minimum Gasteiger partial charge on any atom is -0.344 e. The van der Waals surface area contributed by atoms with Gasteiger partial charge in [0.05, 0.1) is 0 Å². The lowest BCUT2D eigenvalue weighted by Gasteiger charge is -2.22. The van der Waals surface area contributed by atoms with Crippen LogP contribution < -0.4 is 0 Å². The minimum atomic E-state index is 0.0886. The van der Waals surface area contributed by atoms with Gasteiger partial charge in [-0.1, -0.05) is 175 Å². The van der Waals surface area contributed by atoms with Crippen molar-refractivity contribution in [1.82, 2.24) is 4.57 Å². The molecular formula is C63H57N. The zero-order chi connectivity index (χ0) is 42.8. The number of rotatable bonds is 9. The Morgan fingerprint density at radius 2 is 1.62 bits per heavy atom. The second kappa shape index (κ2) is 16.0. The lowest BCUT2D eigenvalue weighted by molar-refractivity contribution is 0.698. The van der Waals surface area contributed by atoms with Crippen molar-refractivity contribution in [2.24, 2.45) is 23.2 Å². The van der Waals surface area contributed by atoms with Crippen LogP contribution in [0.2, 0.25) is 0 Å². The maximum Gasteiger partial charge on any atom is 0.0489 e. The Morgan fingerprint density at radius 3 is 2.53 bits per heavy atom. The van der Waals surface area contributed by atoms with E-state index >= 15 is 0 Å². The third-order valence-electron chi connectivity index (χ3n) is 15.5. The van der Waals surface area contributed by atoms with Crippen molar-refractivity contribution in [2.45, 2.75) is 71.8 Å². The molecule has 7 aliphatic carbocycles. The lowest BCUT2D eigenvalue weighted by atomic mass is 9.83. The lowest BCUT2D eigenvalue weighted by Crippen LogP contribution is -2.08. The summed E-state index contributed by atoms with van der Waals surface area (Å²) in [6.45, 7) is 5.60. The Kier molecular flexibility index (Phi) is 9.78. The summed E-state index contributed by atoms with van der Waals surface area (Å²) in [6.07, 6.45) is 49.8. The van der Waals surface area contributed by atoms with Crippen molar-refractivity contribution in [3.63, 3.8) is 0 Å². The molecule has 0 aliphatic heterocycles. The van der Waals surface area contributed by atoms with Gasteiger partial charge in [0.25, 0.3) is 0 Å². The Labute approximate surface area is 379 Å². The van der Waals surface area contributed by atoms with Gasteiger partial charge in [0.15, 0.2) is 0 Å². The van der Waals surface area contributed by atoms with Gasteiger partial charge in [-0.3, -0.25) is 0 Å². The van der Waals surface area contributed by atoms with Crippen LogP contribution in [0.1, 0.15) is 91.4 Å². The Morgan fingerprint density at radius 1 is 0.750 bits per heavy atom. The number of hydrogen-bond acceptors (Lipinski definition) is 0. The molecule has 12 rings (SSSR count). The Bertz CT molecular complexity index is 3160. The first-order valence-electron chi connectivity index (χ1n) is 24.0. The van der Waals surface area contributed by atoms with Gasteiger partial charge in [-0.15, -0.1) is 0 Å². The van der Waals surface area contributed by atoms with Gasteiger partial charge in [0, 0.05) is 40.5 Å². The van der Waals surface area contributed by atoms with Crippen LogP contribution in [0, 0.1) is 23.2 Å². The smallest absolute Gasteiger partial charge is 0.0489 e. The van der Waals surface area contributed by atoms with E-state index in [9.17, 15) is 0 Å². The van der Waals surface area contributed by atoms with Gasteiger partial charge < -0.3 is 4.57 Å². The molecule has 314 valence electrons. The highest BCUT2D eigenvalue weighted by molar-refractivity contribution is 5.96. The van der Waals surface area contributed by atoms with E-state index in [1.165, 1.54) is 107 Å². The summed E-state index contributed by atoms with van der Waals surface area (Å²) in [5.74, 6) is 2.02. The topological polar surface area (TPSA) is 4.93 Å². The van der Waals surface area contributed by atoms with Crippen LogP contribution >= 0.6 is 0 Å². The van der Waals surface area contributed by atoms with Gasteiger partial charge in [-0.05, 0) is 161 Å². The van der Waals surface area contributed by atoms with Crippen LogP contribution in [0.3, 0.4) is 0 Å². The fourth-order valence-electron chi connectivity index (χ4n) is 11.7. The molecule has 1 nitrogen and oxygen atoms in total. The molecule has 0 spiro atoms. The van der Waals surface area contributed by atoms with Crippen LogP contribution in [-0.2, 0) is 19.4 Å². The summed E-state index contributed by atoms with van der Waals surface area (Å²) < 4.78 is 2.58. The van der Waals surface area contributed by atoms with Gasteiger partial charge in [0.2, 0.25) is 0 Å². The van der Waals surface area contributed by atoms with Crippen LogP contribution in [-0.4, -0.2) is 4.57 Å². The number of aromatic nitrogens is 1. The highest BCUT2D eigenvalue weighted by Crippen LogP contribution is 2.62. The first kappa shape index (κ1) is 39.2. The summed E-state index contributed by atoms with van der Waals surface area (Å²) in [6, 6.07) is 29.8. The predicted molar refractivity (Wildman–Crippen MR) is 273 cm³/mol. The van der Waals surface area contributed by atoms with Crippen LogP contribution in [0.4, 0.5) is 0 Å². The van der Waals surface area contributed by atoms with E-state index in [1.807, 2.05) is 0 Å². The molecular weight excluding hydrogens is 771 g/mol. The van der Waals surface area contributed by atoms with Crippen LogP contribution in [0.15, 0.2) is 191 Å². The van der Waals surface area contributed by atoms with Gasteiger partial charge >= 0.3 is 0 Å². The monoisotopic (exact) mass is 827 g/mol. The molecule has 5 aromatic rings. The highest BCUT2D eigenvalue weighted by atomic mass is 15.0. The summed E-state index contributed by atoms with van der Waals surface area (Å²) in [5.41, 5.74) is 21.0. The molecule has 2 fully saturated rings. The largest absolute Gasteiger partial charge is 0.344 e. The van der Waals surface area contributed by atoms with E-state index in [0.29, 0.717) is 11.8 Å². The average molecular weight is 828 g/mol. The third kappa shape index (κ3) is 7.20. The molecule has 7 aliphatic rings. The van der Waals surface area contributed by atoms with Crippen molar-refractivity contribution >= 4 is 51.6 Å². The van der Waals surface area contributed by atoms with E-state index in [2.05, 4.69) is 201 Å². The fourth-order valence-corrected chi connectivity index (χ4v) is 11.7. The van der Waals surface area contributed by atoms with Gasteiger partial charge in [-0.2, -0.15) is 0 Å².